The van der Waals surface area contributed by atoms with Crippen molar-refractivity contribution in [3.8, 4) is 5.69 Å². The van der Waals surface area contributed by atoms with Crippen molar-refractivity contribution < 1.29 is 22.7 Å². The molecule has 0 radical (unpaired) electrons. The molecule has 8 nitrogen and oxygen atoms in total. The van der Waals surface area contributed by atoms with Crippen LogP contribution in [0, 0.1) is 6.92 Å². The molecule has 1 aromatic heterocycles. The molecule has 1 heterocycles. The number of carbonyl (C=O) groups excluding carboxylic acids is 1. The molecule has 0 fully saturated rings. The number of hydrogen-bond acceptors (Lipinski definition) is 5. The summed E-state index contributed by atoms with van der Waals surface area (Å²) in [6.45, 7) is 2.00. The predicted molar refractivity (Wildman–Crippen MR) is 114 cm³/mol. The third-order valence-corrected chi connectivity index (χ3v) is 4.77. The molecule has 2 aromatic carbocycles. The molecule has 0 aliphatic carbocycles. The topological polar surface area (TPSA) is 95.2 Å². The van der Waals surface area contributed by atoms with Crippen molar-refractivity contribution in [3.63, 3.8) is 0 Å². The molecular weight excluding hydrogens is 441 g/mol. The first-order chi connectivity index (χ1) is 15.6. The van der Waals surface area contributed by atoms with Crippen LogP contribution in [0.3, 0.4) is 0 Å². The molecule has 1 amide bonds. The smallest absolute Gasteiger partial charge is 0.383 e. The molecule has 0 spiro atoms. The second kappa shape index (κ2) is 9.82. The number of amides is 1. The monoisotopic (exact) mass is 462 g/mol. The Labute approximate surface area is 186 Å². The van der Waals surface area contributed by atoms with Crippen molar-refractivity contribution in [2.75, 3.05) is 20.3 Å². The van der Waals surface area contributed by atoms with Gasteiger partial charge in [0, 0.05) is 13.7 Å². The number of carbonyl (C=O) groups is 1. The fourth-order valence-electron chi connectivity index (χ4n) is 2.98. The average Bonchev–Trinajstić information content (AvgIpc) is 2.77. The van der Waals surface area contributed by atoms with Crippen LogP contribution in [0.1, 0.15) is 27.2 Å². The first-order valence-corrected chi connectivity index (χ1v) is 9.86. The Hall–Kier alpha value is -3.73. The quantitative estimate of drug-likeness (QED) is 0.543. The van der Waals surface area contributed by atoms with Crippen molar-refractivity contribution >= 4 is 5.91 Å². The van der Waals surface area contributed by atoms with E-state index in [1.807, 2.05) is 6.92 Å². The predicted octanol–water partition coefficient (Wildman–Crippen LogP) is 2.15. The number of nitrogens with one attached hydrogen (secondary N) is 1. The third-order valence-electron chi connectivity index (χ3n) is 4.77. The second-order valence-corrected chi connectivity index (χ2v) is 7.21. The molecule has 0 saturated carbocycles. The average molecular weight is 462 g/mol. The largest absolute Gasteiger partial charge is 0.416 e. The normalized spacial score (nSPS) is 11.4. The van der Waals surface area contributed by atoms with E-state index in [-0.39, 0.29) is 25.4 Å². The van der Waals surface area contributed by atoms with E-state index in [1.165, 1.54) is 7.11 Å². The van der Waals surface area contributed by atoms with Crippen LogP contribution in [0.25, 0.3) is 5.69 Å². The zero-order valence-corrected chi connectivity index (χ0v) is 17.8. The van der Waals surface area contributed by atoms with Gasteiger partial charge in [0.2, 0.25) is 5.69 Å². The number of ether oxygens (including phenoxy) is 1. The van der Waals surface area contributed by atoms with Crippen LogP contribution in [0.2, 0.25) is 0 Å². The highest BCUT2D eigenvalue weighted by atomic mass is 19.4. The molecule has 0 saturated heterocycles. The van der Waals surface area contributed by atoms with E-state index in [2.05, 4.69) is 10.4 Å². The Morgan fingerprint density at radius 1 is 1.06 bits per heavy atom. The minimum Gasteiger partial charge on any atom is -0.383 e. The summed E-state index contributed by atoms with van der Waals surface area (Å²) in [5, 5.41) is 6.33. The lowest BCUT2D eigenvalue weighted by Gasteiger charge is -2.13. The van der Waals surface area contributed by atoms with Gasteiger partial charge in [-0.1, -0.05) is 29.8 Å². The van der Waals surface area contributed by atoms with Crippen LogP contribution < -0.4 is 16.6 Å². The fourth-order valence-corrected chi connectivity index (χ4v) is 2.98. The highest BCUT2D eigenvalue weighted by Gasteiger charge is 2.30. The molecule has 0 atom stereocenters. The Bertz CT molecular complexity index is 1250. The van der Waals surface area contributed by atoms with Crippen LogP contribution in [0.5, 0.6) is 0 Å². The first-order valence-electron chi connectivity index (χ1n) is 9.86. The molecule has 174 valence electrons. The molecule has 11 heteroatoms. The molecule has 3 aromatic rings. The maximum atomic E-state index is 13.1. The molecule has 3 rings (SSSR count). The van der Waals surface area contributed by atoms with Crippen LogP contribution >= 0.6 is 0 Å². The number of hydrogen-bond donors (Lipinski definition) is 1. The van der Waals surface area contributed by atoms with E-state index >= 15 is 0 Å². The number of methoxy groups -OCH3 is 1. The molecule has 0 bridgehead atoms. The maximum absolute atomic E-state index is 13.1. The zero-order valence-electron chi connectivity index (χ0n) is 17.8. The van der Waals surface area contributed by atoms with Crippen molar-refractivity contribution in [3.05, 3.63) is 91.8 Å². The minimum absolute atomic E-state index is 0.0309. The standard InChI is InChI=1S/C22H21F3N4O4/c1-14-3-5-15(6-4-14)13-28-20(31)18(19(30)26-11-12-33-2)27-29(21(28)32)17-9-7-16(8-10-17)22(23,24)25/h3-10H,11-13H2,1-2H3,(H,26,30). The molecule has 0 aliphatic heterocycles. The van der Waals surface area contributed by atoms with Crippen molar-refractivity contribution in [1.82, 2.24) is 19.7 Å². The van der Waals surface area contributed by atoms with Gasteiger partial charge in [0.25, 0.3) is 11.5 Å². The SMILES string of the molecule is COCCNC(=O)c1nn(-c2ccc(C(F)(F)F)cc2)c(=O)n(Cc2ccc(C)cc2)c1=O. The molecule has 1 N–H and O–H groups in total. The summed E-state index contributed by atoms with van der Waals surface area (Å²) < 4.78 is 45.2. The van der Waals surface area contributed by atoms with Crippen LogP contribution in [0.15, 0.2) is 58.1 Å². The van der Waals surface area contributed by atoms with Crippen LogP contribution in [-0.4, -0.2) is 40.5 Å². The van der Waals surface area contributed by atoms with Gasteiger partial charge < -0.3 is 10.1 Å². The van der Waals surface area contributed by atoms with Crippen molar-refractivity contribution in [2.24, 2.45) is 0 Å². The van der Waals surface area contributed by atoms with Gasteiger partial charge in [-0.25, -0.2) is 4.79 Å². The summed E-state index contributed by atoms with van der Waals surface area (Å²) in [5.41, 5.74) is -1.73. The number of aryl methyl sites for hydroxylation is 1. The van der Waals surface area contributed by atoms with Gasteiger partial charge in [0.1, 0.15) is 0 Å². The Morgan fingerprint density at radius 3 is 2.27 bits per heavy atom. The first kappa shape index (κ1) is 23.9. The van der Waals surface area contributed by atoms with E-state index in [0.717, 1.165) is 39.1 Å². The zero-order chi connectivity index (χ0) is 24.2. The van der Waals surface area contributed by atoms with Gasteiger partial charge >= 0.3 is 11.9 Å². The minimum atomic E-state index is -4.56. The number of rotatable bonds is 7. The number of alkyl halides is 3. The third kappa shape index (κ3) is 5.55. The molecule has 0 unspecified atom stereocenters. The second-order valence-electron chi connectivity index (χ2n) is 7.21. The van der Waals surface area contributed by atoms with E-state index in [1.54, 1.807) is 24.3 Å². The lowest BCUT2D eigenvalue weighted by atomic mass is 10.1. The highest BCUT2D eigenvalue weighted by molar-refractivity contribution is 5.91. The summed E-state index contributed by atoms with van der Waals surface area (Å²) in [7, 11) is 1.43. The van der Waals surface area contributed by atoms with Gasteiger partial charge in [-0.05, 0) is 36.8 Å². The van der Waals surface area contributed by atoms with Crippen LogP contribution in [0.4, 0.5) is 13.2 Å². The van der Waals surface area contributed by atoms with Gasteiger partial charge in [-0.15, -0.1) is 0 Å². The van der Waals surface area contributed by atoms with E-state index in [0.29, 0.717) is 5.56 Å². The van der Waals surface area contributed by atoms with Crippen molar-refractivity contribution in [2.45, 2.75) is 19.6 Å². The Morgan fingerprint density at radius 2 is 1.70 bits per heavy atom. The molecule has 0 aliphatic rings. The Kier molecular flexibility index (Phi) is 7.12. The summed E-state index contributed by atoms with van der Waals surface area (Å²) in [4.78, 5) is 38.6. The maximum Gasteiger partial charge on any atom is 0.416 e. The number of benzene rings is 2. The highest BCUT2D eigenvalue weighted by Crippen LogP contribution is 2.29. The summed E-state index contributed by atoms with van der Waals surface area (Å²) in [6, 6.07) is 10.7. The summed E-state index contributed by atoms with van der Waals surface area (Å²) in [5.74, 6) is -0.838. The van der Waals surface area contributed by atoms with E-state index in [9.17, 15) is 27.6 Å². The lowest BCUT2D eigenvalue weighted by Crippen LogP contribution is -2.46. The lowest BCUT2D eigenvalue weighted by molar-refractivity contribution is -0.137. The van der Waals surface area contributed by atoms with Gasteiger partial charge in [0.05, 0.1) is 24.4 Å². The van der Waals surface area contributed by atoms with E-state index < -0.39 is 34.6 Å². The molecular formula is C22H21F3N4O4. The summed E-state index contributed by atoms with van der Waals surface area (Å²) >= 11 is 0. The number of aromatic nitrogens is 3. The van der Waals surface area contributed by atoms with Crippen molar-refractivity contribution in [1.29, 1.82) is 0 Å². The van der Waals surface area contributed by atoms with Gasteiger partial charge in [-0.2, -0.15) is 23.0 Å². The van der Waals surface area contributed by atoms with Gasteiger partial charge in [0.15, 0.2) is 0 Å². The Balaban J connectivity index is 2.12. The van der Waals surface area contributed by atoms with E-state index in [4.69, 9.17) is 4.74 Å². The summed E-state index contributed by atoms with van der Waals surface area (Å²) in [6.07, 6.45) is -4.56. The fraction of sp³-hybridized carbons (Fsp3) is 0.273. The van der Waals surface area contributed by atoms with Gasteiger partial charge in [-0.3, -0.25) is 14.2 Å². The number of nitrogens with zero attached hydrogens (tertiary/aromatic N) is 3. The molecule has 33 heavy (non-hydrogen) atoms. The van der Waals surface area contributed by atoms with Crippen LogP contribution in [-0.2, 0) is 17.5 Å². The number of halogens is 3.